The Morgan fingerprint density at radius 1 is 1.00 bits per heavy atom. The van der Waals surface area contributed by atoms with Crippen LogP contribution in [0.5, 0.6) is 0 Å². The number of aromatic nitrogens is 3. The van der Waals surface area contributed by atoms with Gasteiger partial charge >= 0.3 is 0 Å². The summed E-state index contributed by atoms with van der Waals surface area (Å²) in [6.45, 7) is 0. The standard InChI is InChI=1S/C13H17N7S/c1-14-10-16-11(18-12(17-10)20(2)3)19-13(21)15-9-7-5-4-6-8-9/h4-8H,1-3H3,(H3,14,15,16,17,18,19,21). The van der Waals surface area contributed by atoms with Crippen molar-refractivity contribution in [3.63, 3.8) is 0 Å². The highest BCUT2D eigenvalue weighted by atomic mass is 32.1. The molecule has 2 rings (SSSR count). The average Bonchev–Trinajstić information content (AvgIpc) is 2.47. The molecular formula is C13H17N7S. The van der Waals surface area contributed by atoms with Crippen LogP contribution in [-0.4, -0.2) is 41.2 Å². The van der Waals surface area contributed by atoms with Gasteiger partial charge in [-0.1, -0.05) is 18.2 Å². The van der Waals surface area contributed by atoms with Crippen molar-refractivity contribution in [1.29, 1.82) is 0 Å². The fraction of sp³-hybridized carbons (Fsp3) is 0.231. The minimum Gasteiger partial charge on any atom is -0.357 e. The van der Waals surface area contributed by atoms with Gasteiger partial charge in [-0.3, -0.25) is 0 Å². The zero-order valence-electron chi connectivity index (χ0n) is 12.1. The molecule has 0 radical (unpaired) electrons. The molecule has 0 fully saturated rings. The highest BCUT2D eigenvalue weighted by Crippen LogP contribution is 2.12. The topological polar surface area (TPSA) is 78.0 Å². The first-order valence-corrected chi connectivity index (χ1v) is 6.73. The molecule has 0 aliphatic heterocycles. The molecule has 0 aliphatic rings. The molecule has 7 nitrogen and oxygen atoms in total. The molecule has 110 valence electrons. The second-order valence-corrected chi connectivity index (χ2v) is 4.78. The van der Waals surface area contributed by atoms with Gasteiger partial charge < -0.3 is 20.9 Å². The summed E-state index contributed by atoms with van der Waals surface area (Å²) in [4.78, 5) is 14.5. The van der Waals surface area contributed by atoms with Crippen LogP contribution >= 0.6 is 12.2 Å². The quantitative estimate of drug-likeness (QED) is 0.738. The second kappa shape index (κ2) is 6.80. The molecule has 1 aromatic heterocycles. The first-order valence-electron chi connectivity index (χ1n) is 6.32. The molecule has 0 aliphatic carbocycles. The summed E-state index contributed by atoms with van der Waals surface area (Å²) in [6.07, 6.45) is 0. The molecule has 0 atom stereocenters. The van der Waals surface area contributed by atoms with Crippen LogP contribution in [0.4, 0.5) is 23.5 Å². The Labute approximate surface area is 128 Å². The Kier molecular flexibility index (Phi) is 4.83. The number of benzene rings is 1. The SMILES string of the molecule is CNc1nc(NC(=S)Nc2ccccc2)nc(N(C)C)n1. The molecule has 3 N–H and O–H groups in total. The molecule has 0 amide bonds. The second-order valence-electron chi connectivity index (χ2n) is 4.37. The summed E-state index contributed by atoms with van der Waals surface area (Å²) >= 11 is 5.25. The van der Waals surface area contributed by atoms with E-state index in [-0.39, 0.29) is 0 Å². The number of nitrogens with zero attached hydrogens (tertiary/aromatic N) is 4. The molecule has 1 heterocycles. The lowest BCUT2D eigenvalue weighted by molar-refractivity contribution is 0.965. The molecular weight excluding hydrogens is 286 g/mol. The third-order valence-corrected chi connectivity index (χ3v) is 2.71. The smallest absolute Gasteiger partial charge is 0.235 e. The largest absolute Gasteiger partial charge is 0.357 e. The average molecular weight is 303 g/mol. The van der Waals surface area contributed by atoms with Crippen molar-refractivity contribution in [2.45, 2.75) is 0 Å². The van der Waals surface area contributed by atoms with E-state index >= 15 is 0 Å². The Morgan fingerprint density at radius 3 is 2.29 bits per heavy atom. The predicted octanol–water partition coefficient (Wildman–Crippen LogP) is 1.79. The number of para-hydroxylation sites is 1. The van der Waals surface area contributed by atoms with E-state index in [0.29, 0.717) is 23.0 Å². The maximum absolute atomic E-state index is 5.25. The molecule has 1 aromatic carbocycles. The molecule has 0 saturated carbocycles. The zero-order chi connectivity index (χ0) is 15.2. The number of nitrogens with one attached hydrogen (secondary N) is 3. The van der Waals surface area contributed by atoms with Gasteiger partial charge in [0.2, 0.25) is 17.8 Å². The van der Waals surface area contributed by atoms with Crippen LogP contribution < -0.4 is 20.9 Å². The molecule has 0 spiro atoms. The van der Waals surface area contributed by atoms with Gasteiger partial charge in [0.1, 0.15) is 0 Å². The van der Waals surface area contributed by atoms with Crippen molar-refractivity contribution in [1.82, 2.24) is 15.0 Å². The third-order valence-electron chi connectivity index (χ3n) is 2.50. The van der Waals surface area contributed by atoms with Gasteiger partial charge in [0.15, 0.2) is 5.11 Å². The van der Waals surface area contributed by atoms with Crippen molar-refractivity contribution in [2.75, 3.05) is 42.0 Å². The normalized spacial score (nSPS) is 9.86. The van der Waals surface area contributed by atoms with Gasteiger partial charge in [0.25, 0.3) is 0 Å². The monoisotopic (exact) mass is 303 g/mol. The van der Waals surface area contributed by atoms with Crippen molar-refractivity contribution in [3.05, 3.63) is 30.3 Å². The van der Waals surface area contributed by atoms with Gasteiger partial charge in [-0.2, -0.15) is 15.0 Å². The lowest BCUT2D eigenvalue weighted by Crippen LogP contribution is -2.22. The van der Waals surface area contributed by atoms with Gasteiger partial charge in [0.05, 0.1) is 0 Å². The van der Waals surface area contributed by atoms with E-state index in [2.05, 4.69) is 30.9 Å². The summed E-state index contributed by atoms with van der Waals surface area (Å²) in [5.41, 5.74) is 0.894. The fourth-order valence-electron chi connectivity index (χ4n) is 1.52. The predicted molar refractivity (Wildman–Crippen MR) is 90.0 cm³/mol. The summed E-state index contributed by atoms with van der Waals surface area (Å²) < 4.78 is 0. The van der Waals surface area contributed by atoms with Gasteiger partial charge in [-0.25, -0.2) is 0 Å². The minimum absolute atomic E-state index is 0.381. The summed E-state index contributed by atoms with van der Waals surface area (Å²) in [5, 5.41) is 9.32. The fourth-order valence-corrected chi connectivity index (χ4v) is 1.73. The Bertz CT molecular complexity index is 615. The van der Waals surface area contributed by atoms with Crippen molar-refractivity contribution in [3.8, 4) is 0 Å². The van der Waals surface area contributed by atoms with Crippen LogP contribution in [-0.2, 0) is 0 Å². The first kappa shape index (κ1) is 14.9. The van der Waals surface area contributed by atoms with E-state index in [1.54, 1.807) is 11.9 Å². The molecule has 2 aromatic rings. The van der Waals surface area contributed by atoms with Crippen molar-refractivity contribution >= 4 is 40.9 Å². The van der Waals surface area contributed by atoms with Crippen LogP contribution in [0.2, 0.25) is 0 Å². The van der Waals surface area contributed by atoms with Crippen LogP contribution in [0.25, 0.3) is 0 Å². The highest BCUT2D eigenvalue weighted by molar-refractivity contribution is 7.80. The molecule has 0 saturated heterocycles. The van der Waals surface area contributed by atoms with Gasteiger partial charge in [-0.15, -0.1) is 0 Å². The Hall–Kier alpha value is -2.48. The van der Waals surface area contributed by atoms with E-state index in [1.807, 2.05) is 44.4 Å². The lowest BCUT2D eigenvalue weighted by atomic mass is 10.3. The lowest BCUT2D eigenvalue weighted by Gasteiger charge is -2.14. The molecule has 21 heavy (non-hydrogen) atoms. The summed E-state index contributed by atoms with van der Waals surface area (Å²) in [7, 11) is 5.47. The van der Waals surface area contributed by atoms with E-state index < -0.39 is 0 Å². The van der Waals surface area contributed by atoms with Crippen molar-refractivity contribution < 1.29 is 0 Å². The summed E-state index contributed by atoms with van der Waals surface area (Å²) in [6, 6.07) is 9.64. The van der Waals surface area contributed by atoms with Crippen molar-refractivity contribution in [2.24, 2.45) is 0 Å². The van der Waals surface area contributed by atoms with E-state index in [1.165, 1.54) is 0 Å². The molecule has 0 unspecified atom stereocenters. The van der Waals surface area contributed by atoms with Crippen LogP contribution in [0.15, 0.2) is 30.3 Å². The maximum atomic E-state index is 5.25. The molecule has 8 heteroatoms. The molecule has 0 bridgehead atoms. The van der Waals surface area contributed by atoms with E-state index in [9.17, 15) is 0 Å². The van der Waals surface area contributed by atoms with Crippen LogP contribution in [0, 0.1) is 0 Å². The Balaban J connectivity index is 2.11. The summed E-state index contributed by atoms with van der Waals surface area (Å²) in [5.74, 6) is 1.39. The number of anilines is 4. The zero-order valence-corrected chi connectivity index (χ0v) is 12.9. The first-order chi connectivity index (χ1) is 10.1. The third kappa shape index (κ3) is 4.25. The number of hydrogen-bond acceptors (Lipinski definition) is 6. The Morgan fingerprint density at radius 2 is 1.67 bits per heavy atom. The van der Waals surface area contributed by atoms with Crippen LogP contribution in [0.3, 0.4) is 0 Å². The number of hydrogen-bond donors (Lipinski definition) is 3. The minimum atomic E-state index is 0.381. The van der Waals surface area contributed by atoms with Gasteiger partial charge in [-0.05, 0) is 24.4 Å². The van der Waals surface area contributed by atoms with Crippen LogP contribution in [0.1, 0.15) is 0 Å². The highest BCUT2D eigenvalue weighted by Gasteiger charge is 2.08. The maximum Gasteiger partial charge on any atom is 0.235 e. The van der Waals surface area contributed by atoms with Gasteiger partial charge in [0, 0.05) is 26.8 Å². The van der Waals surface area contributed by atoms with E-state index in [0.717, 1.165) is 5.69 Å². The van der Waals surface area contributed by atoms with E-state index in [4.69, 9.17) is 12.2 Å². The number of rotatable bonds is 4. The number of thiocarbonyl (C=S) groups is 1.